The topological polar surface area (TPSA) is 20.3 Å². The predicted octanol–water partition coefficient (Wildman–Crippen LogP) is 0.795. The van der Waals surface area contributed by atoms with Crippen LogP contribution >= 0.6 is 0 Å². The molecule has 0 aromatic rings. The van der Waals surface area contributed by atoms with Gasteiger partial charge in [0, 0.05) is 20.0 Å². The summed E-state index contributed by atoms with van der Waals surface area (Å²) >= 11 is 0. The van der Waals surface area contributed by atoms with Gasteiger partial charge in [-0.15, -0.1) is 0 Å². The van der Waals surface area contributed by atoms with Crippen molar-refractivity contribution >= 4 is 5.91 Å². The zero-order valence-electron chi connectivity index (χ0n) is 5.85. The number of likely N-dealkylation sites (tertiary alicyclic amines) is 1. The van der Waals surface area contributed by atoms with Gasteiger partial charge >= 0.3 is 0 Å². The molecule has 0 aliphatic carbocycles. The first-order chi connectivity index (χ1) is 4.24. The minimum atomic E-state index is 0.239. The van der Waals surface area contributed by atoms with Crippen LogP contribution < -0.4 is 0 Å². The van der Waals surface area contributed by atoms with Crippen LogP contribution in [-0.4, -0.2) is 24.4 Å². The summed E-state index contributed by atoms with van der Waals surface area (Å²) < 4.78 is 0. The predicted molar refractivity (Wildman–Crippen MR) is 36.0 cm³/mol. The van der Waals surface area contributed by atoms with Gasteiger partial charge in [-0.1, -0.05) is 6.08 Å². The number of amides is 1. The van der Waals surface area contributed by atoms with Crippen molar-refractivity contribution in [2.45, 2.75) is 13.3 Å². The molecule has 1 heterocycles. The van der Waals surface area contributed by atoms with Crippen molar-refractivity contribution in [3.63, 3.8) is 0 Å². The van der Waals surface area contributed by atoms with E-state index >= 15 is 0 Å². The number of likely N-dealkylation sites (N-methyl/N-ethyl adjacent to an activating group) is 1. The van der Waals surface area contributed by atoms with Crippen molar-refractivity contribution in [3.05, 3.63) is 11.6 Å². The molecule has 0 spiro atoms. The van der Waals surface area contributed by atoms with Crippen LogP contribution in [0, 0.1) is 0 Å². The molecule has 2 nitrogen and oxygen atoms in total. The molecule has 1 rings (SSSR count). The molecule has 0 radical (unpaired) electrons. The molecule has 0 bridgehead atoms. The van der Waals surface area contributed by atoms with E-state index in [9.17, 15) is 4.79 Å². The molecule has 1 amide bonds. The van der Waals surface area contributed by atoms with Gasteiger partial charge in [-0.05, 0) is 12.5 Å². The maximum Gasteiger partial charge on any atom is 0.226 e. The molecule has 0 N–H and O–H groups in total. The Kier molecular flexibility index (Phi) is 1.56. The first kappa shape index (κ1) is 6.33. The second-order valence-electron chi connectivity index (χ2n) is 2.37. The number of nitrogens with zero attached hydrogens (tertiary/aromatic N) is 1. The fourth-order valence-corrected chi connectivity index (χ4v) is 0.971. The Morgan fingerprint density at radius 2 is 2.33 bits per heavy atom. The molecule has 0 unspecified atom stereocenters. The summed E-state index contributed by atoms with van der Waals surface area (Å²) in [6, 6.07) is 0. The molecule has 1 aliphatic heterocycles. The number of hydrogen-bond acceptors (Lipinski definition) is 1. The molecule has 9 heavy (non-hydrogen) atoms. The standard InChI is InChI=1S/C7H11NO/c1-3-6-4-7(9)8(2)5-6/h3H,4-5H2,1-2H3/b6-3-. The molecule has 0 aromatic heterocycles. The minimum absolute atomic E-state index is 0.239. The maximum atomic E-state index is 10.8. The Balaban J connectivity index is 2.65. The second-order valence-corrected chi connectivity index (χ2v) is 2.37. The Labute approximate surface area is 55.2 Å². The van der Waals surface area contributed by atoms with Crippen molar-refractivity contribution < 1.29 is 4.79 Å². The van der Waals surface area contributed by atoms with Crippen LogP contribution in [0.3, 0.4) is 0 Å². The number of rotatable bonds is 0. The lowest BCUT2D eigenvalue weighted by molar-refractivity contribution is -0.126. The summed E-state index contributed by atoms with van der Waals surface area (Å²) in [7, 11) is 1.83. The summed E-state index contributed by atoms with van der Waals surface area (Å²) in [5.41, 5.74) is 1.24. The van der Waals surface area contributed by atoms with Crippen LogP contribution in [0.15, 0.2) is 11.6 Å². The van der Waals surface area contributed by atoms with E-state index in [-0.39, 0.29) is 5.91 Å². The molecule has 1 aliphatic rings. The molecule has 0 saturated carbocycles. The van der Waals surface area contributed by atoms with E-state index in [4.69, 9.17) is 0 Å². The number of carbonyl (C=O) groups is 1. The largest absolute Gasteiger partial charge is 0.341 e. The van der Waals surface area contributed by atoms with Crippen LogP contribution in [0.25, 0.3) is 0 Å². The molecule has 0 aromatic carbocycles. The van der Waals surface area contributed by atoms with Crippen LogP contribution in [0.5, 0.6) is 0 Å². The molecular formula is C7H11NO. The van der Waals surface area contributed by atoms with Crippen LogP contribution in [0.1, 0.15) is 13.3 Å². The number of carbonyl (C=O) groups excluding carboxylic acids is 1. The van der Waals surface area contributed by atoms with E-state index in [0.717, 1.165) is 6.54 Å². The van der Waals surface area contributed by atoms with Gasteiger partial charge in [0.1, 0.15) is 0 Å². The van der Waals surface area contributed by atoms with E-state index in [1.807, 2.05) is 20.0 Å². The van der Waals surface area contributed by atoms with E-state index in [1.54, 1.807) is 4.90 Å². The fourth-order valence-electron chi connectivity index (χ4n) is 0.971. The molecule has 2 heteroatoms. The van der Waals surface area contributed by atoms with Crippen molar-refractivity contribution in [1.82, 2.24) is 4.90 Å². The van der Waals surface area contributed by atoms with E-state index in [2.05, 4.69) is 0 Å². The Morgan fingerprint density at radius 1 is 1.67 bits per heavy atom. The summed E-state index contributed by atoms with van der Waals surface area (Å²) in [5, 5.41) is 0. The van der Waals surface area contributed by atoms with Crippen molar-refractivity contribution in [3.8, 4) is 0 Å². The molecular weight excluding hydrogens is 114 g/mol. The van der Waals surface area contributed by atoms with Crippen LogP contribution in [0.2, 0.25) is 0 Å². The second kappa shape index (κ2) is 2.21. The Hall–Kier alpha value is -0.790. The number of allylic oxidation sites excluding steroid dienone is 1. The highest BCUT2D eigenvalue weighted by Crippen LogP contribution is 2.13. The third kappa shape index (κ3) is 1.12. The molecule has 0 atom stereocenters. The lowest BCUT2D eigenvalue weighted by atomic mass is 10.2. The van der Waals surface area contributed by atoms with Crippen molar-refractivity contribution in [2.24, 2.45) is 0 Å². The summed E-state index contributed by atoms with van der Waals surface area (Å²) in [5.74, 6) is 0.239. The summed E-state index contributed by atoms with van der Waals surface area (Å²) in [6.07, 6.45) is 2.65. The Bertz CT molecular complexity index is 160. The average molecular weight is 125 g/mol. The van der Waals surface area contributed by atoms with E-state index in [1.165, 1.54) is 5.57 Å². The van der Waals surface area contributed by atoms with Gasteiger partial charge in [0.25, 0.3) is 0 Å². The zero-order valence-corrected chi connectivity index (χ0v) is 5.85. The third-order valence-electron chi connectivity index (χ3n) is 1.65. The van der Waals surface area contributed by atoms with Gasteiger partial charge in [-0.3, -0.25) is 4.79 Å². The molecule has 50 valence electrons. The van der Waals surface area contributed by atoms with Gasteiger partial charge in [-0.25, -0.2) is 0 Å². The molecule has 1 saturated heterocycles. The van der Waals surface area contributed by atoms with Crippen LogP contribution in [0.4, 0.5) is 0 Å². The highest BCUT2D eigenvalue weighted by Gasteiger charge is 2.19. The van der Waals surface area contributed by atoms with Gasteiger partial charge < -0.3 is 4.90 Å². The van der Waals surface area contributed by atoms with E-state index in [0.29, 0.717) is 6.42 Å². The fraction of sp³-hybridized carbons (Fsp3) is 0.571. The maximum absolute atomic E-state index is 10.8. The highest BCUT2D eigenvalue weighted by atomic mass is 16.2. The Morgan fingerprint density at radius 3 is 2.56 bits per heavy atom. The highest BCUT2D eigenvalue weighted by molar-refractivity contribution is 5.81. The lowest BCUT2D eigenvalue weighted by Gasteiger charge is -2.03. The van der Waals surface area contributed by atoms with Crippen molar-refractivity contribution in [2.75, 3.05) is 13.6 Å². The quantitative estimate of drug-likeness (QED) is 0.438. The van der Waals surface area contributed by atoms with Crippen molar-refractivity contribution in [1.29, 1.82) is 0 Å². The average Bonchev–Trinajstić information content (AvgIpc) is 2.13. The van der Waals surface area contributed by atoms with Gasteiger partial charge in [0.15, 0.2) is 0 Å². The number of hydrogen-bond donors (Lipinski definition) is 0. The first-order valence-corrected chi connectivity index (χ1v) is 3.12. The lowest BCUT2D eigenvalue weighted by Crippen LogP contribution is -2.18. The summed E-state index contributed by atoms with van der Waals surface area (Å²) in [6.45, 7) is 2.80. The zero-order chi connectivity index (χ0) is 6.85. The smallest absolute Gasteiger partial charge is 0.226 e. The summed E-state index contributed by atoms with van der Waals surface area (Å²) in [4.78, 5) is 12.6. The van der Waals surface area contributed by atoms with Gasteiger partial charge in [-0.2, -0.15) is 0 Å². The van der Waals surface area contributed by atoms with E-state index < -0.39 is 0 Å². The molecule has 1 fully saturated rings. The van der Waals surface area contributed by atoms with Gasteiger partial charge in [0.05, 0.1) is 0 Å². The third-order valence-corrected chi connectivity index (χ3v) is 1.65. The monoisotopic (exact) mass is 125 g/mol. The minimum Gasteiger partial charge on any atom is -0.341 e. The van der Waals surface area contributed by atoms with Gasteiger partial charge in [0.2, 0.25) is 5.91 Å². The first-order valence-electron chi connectivity index (χ1n) is 3.12. The SMILES string of the molecule is C/C=C1/CC(=O)N(C)C1. The normalized spacial score (nSPS) is 24.0. The van der Waals surface area contributed by atoms with Crippen LogP contribution in [-0.2, 0) is 4.79 Å².